The summed E-state index contributed by atoms with van der Waals surface area (Å²) < 4.78 is 5.39. The zero-order valence-electron chi connectivity index (χ0n) is 13.8. The number of aliphatic carboxylic acids is 2. The number of hydrogen-bond donors (Lipinski definition) is 3. The summed E-state index contributed by atoms with van der Waals surface area (Å²) in [6.45, 7) is 11.7. The molecule has 0 aromatic rings. The van der Waals surface area contributed by atoms with Gasteiger partial charge in [-0.2, -0.15) is 0 Å². The summed E-state index contributed by atoms with van der Waals surface area (Å²) in [6.07, 6.45) is 3.00. The van der Waals surface area contributed by atoms with Gasteiger partial charge in [0.1, 0.15) is 0 Å². The molecule has 1 saturated carbocycles. The van der Waals surface area contributed by atoms with Crippen molar-refractivity contribution in [2.75, 3.05) is 26.3 Å². The second kappa shape index (κ2) is 8.42. The van der Waals surface area contributed by atoms with Gasteiger partial charge in [0.25, 0.3) is 0 Å². The van der Waals surface area contributed by atoms with Crippen molar-refractivity contribution in [3.05, 3.63) is 12.2 Å². The summed E-state index contributed by atoms with van der Waals surface area (Å²) in [5.41, 5.74) is 0.710. The molecule has 132 valence electrons. The van der Waals surface area contributed by atoms with Gasteiger partial charge >= 0.3 is 11.9 Å². The molecule has 1 aliphatic heterocycles. The number of ether oxygens (including phenoxy) is 1. The van der Waals surface area contributed by atoms with Crippen LogP contribution in [0.3, 0.4) is 0 Å². The number of carbonyl (C=O) groups is 2. The number of nitrogens with zero attached hydrogens (tertiary/aromatic N) is 1. The Labute approximate surface area is 136 Å². The van der Waals surface area contributed by atoms with E-state index < -0.39 is 17.5 Å². The van der Waals surface area contributed by atoms with E-state index in [4.69, 9.17) is 24.5 Å². The van der Waals surface area contributed by atoms with Gasteiger partial charge in [-0.1, -0.05) is 12.2 Å². The summed E-state index contributed by atoms with van der Waals surface area (Å²) in [5, 5.41) is 25.4. The molecule has 1 saturated heterocycles. The monoisotopic (exact) mass is 329 g/mol. The lowest BCUT2D eigenvalue weighted by Crippen LogP contribution is -2.57. The molecule has 23 heavy (non-hydrogen) atoms. The van der Waals surface area contributed by atoms with E-state index in [1.807, 2.05) is 6.92 Å². The molecule has 0 amide bonds. The van der Waals surface area contributed by atoms with E-state index in [-0.39, 0.29) is 6.04 Å². The molecule has 0 spiro atoms. The highest BCUT2D eigenvalue weighted by atomic mass is 16.5. The minimum absolute atomic E-state index is 0.266. The molecule has 1 aliphatic carbocycles. The van der Waals surface area contributed by atoms with Crippen LogP contribution in [0.1, 0.15) is 33.1 Å². The first-order chi connectivity index (χ1) is 10.6. The maximum Gasteiger partial charge on any atom is 0.414 e. The molecule has 0 aromatic heterocycles. The Bertz CT molecular complexity index is 430. The lowest BCUT2D eigenvalue weighted by Gasteiger charge is -2.47. The van der Waals surface area contributed by atoms with E-state index in [9.17, 15) is 5.11 Å². The van der Waals surface area contributed by atoms with Gasteiger partial charge in [0.15, 0.2) is 0 Å². The third kappa shape index (κ3) is 5.93. The molecule has 7 heteroatoms. The fourth-order valence-corrected chi connectivity index (χ4v) is 3.15. The topological polar surface area (TPSA) is 107 Å². The second-order valence-corrected chi connectivity index (χ2v) is 6.45. The average molecular weight is 329 g/mol. The lowest BCUT2D eigenvalue weighted by atomic mass is 9.73. The molecule has 0 bridgehead atoms. The van der Waals surface area contributed by atoms with Crippen molar-refractivity contribution in [2.45, 2.75) is 44.8 Å². The van der Waals surface area contributed by atoms with E-state index >= 15 is 0 Å². The molecule has 0 unspecified atom stereocenters. The van der Waals surface area contributed by atoms with Gasteiger partial charge in [-0.3, -0.25) is 4.90 Å². The van der Waals surface area contributed by atoms with Gasteiger partial charge in [-0.15, -0.1) is 0 Å². The summed E-state index contributed by atoms with van der Waals surface area (Å²) in [5.74, 6) is -3.08. The number of rotatable bonds is 2. The molecule has 0 aromatic carbocycles. The van der Waals surface area contributed by atoms with Crippen LogP contribution in [0.5, 0.6) is 0 Å². The predicted molar refractivity (Wildman–Crippen MR) is 84.2 cm³/mol. The lowest BCUT2D eigenvalue weighted by molar-refractivity contribution is -0.159. The summed E-state index contributed by atoms with van der Waals surface area (Å²) in [7, 11) is 0. The first-order valence-electron chi connectivity index (χ1n) is 7.81. The SMILES string of the molecule is C=C(C)[C@@H]1CC[C@](C)(O)[C@@H](N2CCOCC2)C1.O=C(O)C(=O)O. The van der Waals surface area contributed by atoms with E-state index in [0.29, 0.717) is 5.92 Å². The van der Waals surface area contributed by atoms with Crippen LogP contribution in [-0.4, -0.2) is 70.1 Å². The Hall–Kier alpha value is -1.44. The fourth-order valence-electron chi connectivity index (χ4n) is 3.15. The van der Waals surface area contributed by atoms with Gasteiger partial charge < -0.3 is 20.1 Å². The largest absolute Gasteiger partial charge is 0.473 e. The standard InChI is InChI=1S/C14H25NO2.C2H2O4/c1-11(2)12-4-5-14(3,16)13(10-12)15-6-8-17-9-7-15;3-1(4)2(5)6/h12-13,16H,1,4-10H2,2-3H3;(H,3,4)(H,5,6)/t12-,13+,14+;/m1./s1. The van der Waals surface area contributed by atoms with Crippen LogP contribution in [0.15, 0.2) is 12.2 Å². The van der Waals surface area contributed by atoms with Crippen LogP contribution < -0.4 is 0 Å². The third-order valence-corrected chi connectivity index (χ3v) is 4.59. The molecule has 3 atom stereocenters. The zero-order chi connectivity index (χ0) is 17.6. The fraction of sp³-hybridized carbons (Fsp3) is 0.750. The van der Waals surface area contributed by atoms with Crippen LogP contribution in [0, 0.1) is 5.92 Å². The Morgan fingerprint density at radius 3 is 2.17 bits per heavy atom. The zero-order valence-corrected chi connectivity index (χ0v) is 13.8. The second-order valence-electron chi connectivity index (χ2n) is 6.45. The van der Waals surface area contributed by atoms with Gasteiger partial charge in [0.05, 0.1) is 18.8 Å². The summed E-state index contributed by atoms with van der Waals surface area (Å²) >= 11 is 0. The molecule has 0 radical (unpaired) electrons. The van der Waals surface area contributed by atoms with Crippen molar-refractivity contribution in [1.29, 1.82) is 0 Å². The normalized spacial score (nSPS) is 31.6. The quantitative estimate of drug-likeness (QED) is 0.512. The van der Waals surface area contributed by atoms with E-state index in [1.54, 1.807) is 0 Å². The number of carboxylic acids is 2. The van der Waals surface area contributed by atoms with Crippen LogP contribution in [-0.2, 0) is 14.3 Å². The summed E-state index contributed by atoms with van der Waals surface area (Å²) in [6, 6.07) is 0.266. The van der Waals surface area contributed by atoms with Crippen molar-refractivity contribution >= 4 is 11.9 Å². The minimum atomic E-state index is -1.82. The Morgan fingerprint density at radius 2 is 1.74 bits per heavy atom. The van der Waals surface area contributed by atoms with Crippen molar-refractivity contribution < 1.29 is 29.6 Å². The Balaban J connectivity index is 0.000000379. The highest BCUT2D eigenvalue weighted by Crippen LogP contribution is 2.38. The van der Waals surface area contributed by atoms with Crippen LogP contribution in [0.25, 0.3) is 0 Å². The Morgan fingerprint density at radius 1 is 1.22 bits per heavy atom. The van der Waals surface area contributed by atoms with Crippen molar-refractivity contribution in [2.24, 2.45) is 5.92 Å². The minimum Gasteiger partial charge on any atom is -0.473 e. The van der Waals surface area contributed by atoms with Crippen LogP contribution in [0.4, 0.5) is 0 Å². The van der Waals surface area contributed by atoms with Crippen molar-refractivity contribution in [3.8, 4) is 0 Å². The van der Waals surface area contributed by atoms with Crippen LogP contribution in [0.2, 0.25) is 0 Å². The van der Waals surface area contributed by atoms with Gasteiger partial charge in [-0.05, 0) is 39.0 Å². The maximum absolute atomic E-state index is 10.6. The van der Waals surface area contributed by atoms with Gasteiger partial charge in [-0.25, -0.2) is 9.59 Å². The van der Waals surface area contributed by atoms with Gasteiger partial charge in [0.2, 0.25) is 0 Å². The summed E-state index contributed by atoms with van der Waals surface area (Å²) in [4.78, 5) is 20.6. The van der Waals surface area contributed by atoms with E-state index in [2.05, 4.69) is 18.4 Å². The predicted octanol–water partition coefficient (Wildman–Crippen LogP) is 0.970. The first-order valence-corrected chi connectivity index (χ1v) is 7.81. The Kier molecular flexibility index (Phi) is 7.18. The highest BCUT2D eigenvalue weighted by molar-refractivity contribution is 6.27. The molecule has 1 heterocycles. The highest BCUT2D eigenvalue weighted by Gasteiger charge is 2.41. The number of hydrogen-bond acceptors (Lipinski definition) is 5. The molecular weight excluding hydrogens is 302 g/mol. The smallest absolute Gasteiger partial charge is 0.414 e. The molecule has 7 nitrogen and oxygen atoms in total. The molecule has 2 aliphatic rings. The molecule has 3 N–H and O–H groups in total. The third-order valence-electron chi connectivity index (χ3n) is 4.59. The number of carboxylic acid groups (broad SMARTS) is 2. The van der Waals surface area contributed by atoms with E-state index in [0.717, 1.165) is 45.6 Å². The van der Waals surface area contributed by atoms with Crippen LogP contribution >= 0.6 is 0 Å². The number of morpholine rings is 1. The van der Waals surface area contributed by atoms with E-state index in [1.165, 1.54) is 5.57 Å². The number of aliphatic hydroxyl groups is 1. The first kappa shape index (κ1) is 19.6. The molecular formula is C16H27NO6. The van der Waals surface area contributed by atoms with Crippen molar-refractivity contribution in [1.82, 2.24) is 4.90 Å². The molecule has 2 rings (SSSR count). The molecule has 2 fully saturated rings. The maximum atomic E-state index is 10.6. The van der Waals surface area contributed by atoms with Gasteiger partial charge in [0, 0.05) is 19.1 Å². The average Bonchev–Trinajstić information content (AvgIpc) is 2.48. The van der Waals surface area contributed by atoms with Crippen molar-refractivity contribution in [3.63, 3.8) is 0 Å². The number of allylic oxidation sites excluding steroid dienone is 1.